The Morgan fingerprint density at radius 2 is 0.933 bits per heavy atom. The van der Waals surface area contributed by atoms with Crippen molar-refractivity contribution in [1.82, 2.24) is 18.7 Å². The summed E-state index contributed by atoms with van der Waals surface area (Å²) in [5.74, 6) is 0.917. The first-order valence-corrected chi connectivity index (χ1v) is 15.3. The maximum absolute atomic E-state index is 5.13. The zero-order valence-electron chi connectivity index (χ0n) is 24.3. The van der Waals surface area contributed by atoms with Crippen molar-refractivity contribution in [3.8, 4) is 22.6 Å². The number of aromatic nitrogens is 4. The van der Waals surface area contributed by atoms with Crippen LogP contribution >= 0.6 is 0 Å². The zero-order valence-corrected chi connectivity index (χ0v) is 24.3. The highest BCUT2D eigenvalue weighted by Crippen LogP contribution is 2.38. The standard InChI is InChI=1S/C41H26N4/c1-2-11-30(12-3-1)43-37-16-8-5-13-32(37)34-24-28(19-22-39(34)43)29-20-23-40-35(25-29)33-14-6-9-17-38(33)44(40)41-26-31-21-18-27-10-4-7-15-36(27)45(31)42-41/h1-26H. The van der Waals surface area contributed by atoms with E-state index >= 15 is 0 Å². The molecule has 0 aliphatic carbocycles. The van der Waals surface area contributed by atoms with Crippen LogP contribution < -0.4 is 0 Å². The third-order valence-corrected chi connectivity index (χ3v) is 9.24. The van der Waals surface area contributed by atoms with Gasteiger partial charge in [-0.05, 0) is 71.8 Å². The normalized spacial score (nSPS) is 12.0. The van der Waals surface area contributed by atoms with Gasteiger partial charge in [-0.1, -0.05) is 91.0 Å². The summed E-state index contributed by atoms with van der Waals surface area (Å²) in [6, 6.07) is 56.6. The molecule has 4 nitrogen and oxygen atoms in total. The van der Waals surface area contributed by atoms with Gasteiger partial charge in [-0.2, -0.15) is 0 Å². The Hall–Kier alpha value is -6.13. The molecule has 0 aliphatic rings. The number of pyridine rings is 1. The van der Waals surface area contributed by atoms with E-state index in [1.807, 2.05) is 0 Å². The number of rotatable bonds is 3. The molecule has 4 heteroatoms. The van der Waals surface area contributed by atoms with Crippen molar-refractivity contribution in [1.29, 1.82) is 0 Å². The lowest BCUT2D eigenvalue weighted by atomic mass is 10.0. The smallest absolute Gasteiger partial charge is 0.160 e. The largest absolute Gasteiger partial charge is 0.309 e. The van der Waals surface area contributed by atoms with Crippen LogP contribution in [0.5, 0.6) is 0 Å². The highest BCUT2D eigenvalue weighted by molar-refractivity contribution is 6.12. The lowest BCUT2D eigenvalue weighted by Crippen LogP contribution is -1.96. The topological polar surface area (TPSA) is 27.2 Å². The molecule has 0 spiro atoms. The highest BCUT2D eigenvalue weighted by Gasteiger charge is 2.17. The molecule has 0 saturated carbocycles. The molecule has 0 radical (unpaired) electrons. The van der Waals surface area contributed by atoms with Gasteiger partial charge in [-0.25, -0.2) is 4.52 Å². The molecule has 10 aromatic rings. The molecule has 0 aliphatic heterocycles. The van der Waals surface area contributed by atoms with E-state index in [0.717, 1.165) is 27.9 Å². The van der Waals surface area contributed by atoms with Crippen molar-refractivity contribution in [2.45, 2.75) is 0 Å². The average molecular weight is 575 g/mol. The highest BCUT2D eigenvalue weighted by atomic mass is 15.3. The summed E-state index contributed by atoms with van der Waals surface area (Å²) in [4.78, 5) is 0. The first-order valence-electron chi connectivity index (χ1n) is 15.3. The van der Waals surface area contributed by atoms with Crippen molar-refractivity contribution in [2.24, 2.45) is 0 Å². The summed E-state index contributed by atoms with van der Waals surface area (Å²) >= 11 is 0. The van der Waals surface area contributed by atoms with Gasteiger partial charge in [-0.3, -0.25) is 4.57 Å². The minimum Gasteiger partial charge on any atom is -0.309 e. The Balaban J connectivity index is 1.18. The van der Waals surface area contributed by atoms with E-state index in [1.54, 1.807) is 0 Å². The predicted molar refractivity (Wildman–Crippen MR) is 187 cm³/mol. The van der Waals surface area contributed by atoms with Gasteiger partial charge in [0.2, 0.25) is 0 Å². The lowest BCUT2D eigenvalue weighted by Gasteiger charge is -2.08. The Morgan fingerprint density at radius 1 is 0.378 bits per heavy atom. The van der Waals surface area contributed by atoms with Crippen molar-refractivity contribution in [3.63, 3.8) is 0 Å². The van der Waals surface area contributed by atoms with E-state index in [4.69, 9.17) is 5.10 Å². The van der Waals surface area contributed by atoms with Crippen molar-refractivity contribution < 1.29 is 0 Å². The second-order valence-electron chi connectivity index (χ2n) is 11.7. The molecule has 4 heterocycles. The minimum absolute atomic E-state index is 0.917. The van der Waals surface area contributed by atoms with Crippen molar-refractivity contribution >= 4 is 60.0 Å². The van der Waals surface area contributed by atoms with Crippen LogP contribution in [0.15, 0.2) is 158 Å². The number of hydrogen-bond donors (Lipinski definition) is 0. The summed E-state index contributed by atoms with van der Waals surface area (Å²) in [7, 11) is 0. The summed E-state index contributed by atoms with van der Waals surface area (Å²) < 4.78 is 6.72. The summed E-state index contributed by atoms with van der Waals surface area (Å²) in [6.07, 6.45) is 0. The summed E-state index contributed by atoms with van der Waals surface area (Å²) in [5.41, 5.74) is 10.5. The minimum atomic E-state index is 0.917. The Labute approximate surface area is 258 Å². The quantitative estimate of drug-likeness (QED) is 0.206. The van der Waals surface area contributed by atoms with Gasteiger partial charge < -0.3 is 4.57 Å². The predicted octanol–water partition coefficient (Wildman–Crippen LogP) is 10.3. The van der Waals surface area contributed by atoms with E-state index in [0.29, 0.717) is 0 Å². The van der Waals surface area contributed by atoms with Crippen LogP contribution in [0.3, 0.4) is 0 Å². The first-order chi connectivity index (χ1) is 22.3. The van der Waals surface area contributed by atoms with E-state index in [9.17, 15) is 0 Å². The van der Waals surface area contributed by atoms with Crippen molar-refractivity contribution in [2.75, 3.05) is 0 Å². The fourth-order valence-corrected chi connectivity index (χ4v) is 7.21. The number of benzene rings is 6. The fraction of sp³-hybridized carbons (Fsp3) is 0. The molecule has 0 unspecified atom stereocenters. The van der Waals surface area contributed by atoms with Gasteiger partial charge >= 0.3 is 0 Å². The SMILES string of the molecule is c1ccc(-n2c3ccccc3c3cc(-c4ccc5c(c4)c4ccccc4n5-c4cc5ccc6ccccc6n5n4)ccc32)cc1. The monoisotopic (exact) mass is 574 g/mol. The number of para-hydroxylation sites is 4. The molecule has 0 amide bonds. The molecule has 0 fully saturated rings. The van der Waals surface area contributed by atoms with Crippen LogP contribution in [-0.4, -0.2) is 18.7 Å². The van der Waals surface area contributed by atoms with Crippen LogP contribution in [0.1, 0.15) is 0 Å². The van der Waals surface area contributed by atoms with E-state index < -0.39 is 0 Å². The molecule has 6 aromatic carbocycles. The van der Waals surface area contributed by atoms with Gasteiger partial charge in [0, 0.05) is 38.7 Å². The maximum Gasteiger partial charge on any atom is 0.160 e. The van der Waals surface area contributed by atoms with Gasteiger partial charge in [0.15, 0.2) is 5.82 Å². The van der Waals surface area contributed by atoms with E-state index in [1.165, 1.54) is 54.8 Å². The summed E-state index contributed by atoms with van der Waals surface area (Å²) in [6.45, 7) is 0. The second kappa shape index (κ2) is 9.18. The molecule has 4 aromatic heterocycles. The van der Waals surface area contributed by atoms with Gasteiger partial charge in [0.05, 0.1) is 33.1 Å². The number of fused-ring (bicyclic) bond motifs is 9. The Bertz CT molecular complexity index is 2760. The van der Waals surface area contributed by atoms with E-state index in [2.05, 4.69) is 171 Å². The second-order valence-corrected chi connectivity index (χ2v) is 11.7. The zero-order chi connectivity index (χ0) is 29.5. The maximum atomic E-state index is 5.13. The molecule has 45 heavy (non-hydrogen) atoms. The average Bonchev–Trinajstić information content (AvgIpc) is 3.78. The Morgan fingerprint density at radius 3 is 1.64 bits per heavy atom. The summed E-state index contributed by atoms with van der Waals surface area (Å²) in [5, 5.41) is 11.3. The van der Waals surface area contributed by atoms with Crippen LogP contribution in [0.2, 0.25) is 0 Å². The van der Waals surface area contributed by atoms with Crippen LogP contribution in [0, 0.1) is 0 Å². The fourth-order valence-electron chi connectivity index (χ4n) is 7.21. The molecule has 210 valence electrons. The first kappa shape index (κ1) is 24.3. The molecule has 0 saturated heterocycles. The molecule has 10 rings (SSSR count). The van der Waals surface area contributed by atoms with E-state index in [-0.39, 0.29) is 0 Å². The molecular formula is C41H26N4. The molecular weight excluding hydrogens is 548 g/mol. The van der Waals surface area contributed by atoms with Crippen LogP contribution in [0.4, 0.5) is 0 Å². The number of nitrogens with zero attached hydrogens (tertiary/aromatic N) is 4. The van der Waals surface area contributed by atoms with Gasteiger partial charge in [0.25, 0.3) is 0 Å². The third-order valence-electron chi connectivity index (χ3n) is 9.24. The number of hydrogen-bond acceptors (Lipinski definition) is 1. The van der Waals surface area contributed by atoms with Gasteiger partial charge in [0.1, 0.15) is 0 Å². The molecule has 0 atom stereocenters. The molecule has 0 bridgehead atoms. The lowest BCUT2D eigenvalue weighted by molar-refractivity contribution is 0.952. The Kier molecular flexibility index (Phi) is 4.96. The van der Waals surface area contributed by atoms with Crippen LogP contribution in [-0.2, 0) is 0 Å². The van der Waals surface area contributed by atoms with Crippen LogP contribution in [0.25, 0.3) is 82.7 Å². The molecule has 0 N–H and O–H groups in total. The van der Waals surface area contributed by atoms with Crippen molar-refractivity contribution in [3.05, 3.63) is 158 Å². The van der Waals surface area contributed by atoms with Gasteiger partial charge in [-0.15, -0.1) is 5.10 Å². The third kappa shape index (κ3) is 3.51.